The summed E-state index contributed by atoms with van der Waals surface area (Å²) in [5.41, 5.74) is -0.540. The van der Waals surface area contributed by atoms with E-state index in [0.29, 0.717) is 12.5 Å². The van der Waals surface area contributed by atoms with Crippen molar-refractivity contribution in [2.75, 3.05) is 0 Å². The zero-order valence-corrected chi connectivity index (χ0v) is 10.6. The van der Waals surface area contributed by atoms with Gasteiger partial charge in [0.15, 0.2) is 0 Å². The number of alkyl carbamates (subject to hydrolysis) is 1. The van der Waals surface area contributed by atoms with Gasteiger partial charge in [0.25, 0.3) is 0 Å². The Morgan fingerprint density at radius 2 is 2.12 bits per heavy atom. The van der Waals surface area contributed by atoms with Crippen LogP contribution in [0.3, 0.4) is 0 Å². The Bertz CT molecular complexity index is 303. The molecule has 0 aromatic carbocycles. The molecule has 2 rings (SSSR count). The minimum atomic E-state index is -1.01. The molecule has 1 amide bonds. The first-order chi connectivity index (χ1) is 7.85. The first kappa shape index (κ1) is 12.6. The molecule has 4 nitrogen and oxygen atoms in total. The number of hydrogen-bond acceptors (Lipinski definition) is 3. The fourth-order valence-electron chi connectivity index (χ4n) is 2.60. The van der Waals surface area contributed by atoms with Gasteiger partial charge in [-0.3, -0.25) is 0 Å². The van der Waals surface area contributed by atoms with Crippen molar-refractivity contribution in [3.63, 3.8) is 0 Å². The van der Waals surface area contributed by atoms with Gasteiger partial charge in [-0.15, -0.1) is 0 Å². The second-order valence-corrected chi connectivity index (χ2v) is 5.98. The average molecular weight is 244 g/mol. The van der Waals surface area contributed by atoms with Crippen LogP contribution in [-0.4, -0.2) is 36.0 Å². The number of fused-ring (bicyclic) bond motifs is 2. The smallest absolute Gasteiger partial charge is 0.407 e. The number of ether oxygens (including phenoxy) is 1. The molecule has 0 unspecified atom stereocenters. The van der Waals surface area contributed by atoms with Crippen LogP contribution in [0, 0.1) is 0 Å². The third-order valence-electron chi connectivity index (χ3n) is 3.29. The molecule has 0 radical (unpaired) electrons. The summed E-state index contributed by atoms with van der Waals surface area (Å²) in [4.78, 5) is 11.6. The van der Waals surface area contributed by atoms with Gasteiger partial charge in [0.2, 0.25) is 0 Å². The van der Waals surface area contributed by atoms with Crippen LogP contribution in [-0.2, 0) is 4.74 Å². The van der Waals surface area contributed by atoms with Gasteiger partial charge in [0, 0.05) is 12.1 Å². The summed E-state index contributed by atoms with van der Waals surface area (Å²) in [6.07, 6.45) is 0.972. The fraction of sp³-hybridized carbons (Fsp3) is 0.917. The molecule has 2 saturated heterocycles. The summed E-state index contributed by atoms with van der Waals surface area (Å²) in [6.45, 7) is 5.39. The number of rotatable bonds is 1. The van der Waals surface area contributed by atoms with Gasteiger partial charge in [-0.25, -0.2) is 9.18 Å². The molecule has 0 aromatic rings. The molecule has 98 valence electrons. The van der Waals surface area contributed by atoms with Crippen LogP contribution in [0.15, 0.2) is 0 Å². The maximum atomic E-state index is 14.0. The zero-order chi connectivity index (χ0) is 12.6. The largest absolute Gasteiger partial charge is 0.444 e. The molecule has 0 aromatic heterocycles. The summed E-state index contributed by atoms with van der Waals surface area (Å²) in [7, 11) is 0. The first-order valence-electron chi connectivity index (χ1n) is 6.25. The van der Waals surface area contributed by atoms with Crippen molar-refractivity contribution < 1.29 is 13.9 Å². The molecule has 2 fully saturated rings. The van der Waals surface area contributed by atoms with Crippen molar-refractivity contribution in [2.45, 2.75) is 69.9 Å². The van der Waals surface area contributed by atoms with Gasteiger partial charge in [-0.05, 0) is 40.0 Å². The Labute approximate surface area is 101 Å². The number of halogens is 1. The summed E-state index contributed by atoms with van der Waals surface area (Å²) in [6, 6.07) is -0.177. The van der Waals surface area contributed by atoms with E-state index in [-0.39, 0.29) is 6.04 Å². The van der Waals surface area contributed by atoms with Gasteiger partial charge < -0.3 is 15.4 Å². The molecular formula is C12H21FN2O2. The van der Waals surface area contributed by atoms with E-state index in [4.69, 9.17) is 4.74 Å². The predicted octanol–water partition coefficient (Wildman–Crippen LogP) is 1.74. The van der Waals surface area contributed by atoms with E-state index >= 15 is 0 Å². The van der Waals surface area contributed by atoms with Crippen LogP contribution in [0.1, 0.15) is 40.0 Å². The van der Waals surface area contributed by atoms with Gasteiger partial charge in [-0.2, -0.15) is 0 Å². The SMILES string of the molecule is CC(C)(C)OC(=O)N[C@@H]1C[C@H]2CC[C@H](N2)[C@H]1F. The minimum absolute atomic E-state index is 0.103. The lowest BCUT2D eigenvalue weighted by Gasteiger charge is -2.33. The van der Waals surface area contributed by atoms with Crippen LogP contribution in [0.25, 0.3) is 0 Å². The van der Waals surface area contributed by atoms with Crippen molar-refractivity contribution in [1.29, 1.82) is 0 Å². The monoisotopic (exact) mass is 244 g/mol. The lowest BCUT2D eigenvalue weighted by molar-refractivity contribution is 0.0436. The number of carbonyl (C=O) groups is 1. The normalized spacial score (nSPS) is 36.7. The van der Waals surface area contributed by atoms with E-state index in [0.717, 1.165) is 12.8 Å². The molecule has 4 atom stereocenters. The molecule has 2 heterocycles. The number of carbonyl (C=O) groups excluding carboxylic acids is 1. The molecule has 2 aliphatic rings. The highest BCUT2D eigenvalue weighted by atomic mass is 19.1. The molecule has 5 heteroatoms. The molecule has 0 spiro atoms. The third-order valence-corrected chi connectivity index (χ3v) is 3.29. The Hall–Kier alpha value is -0.840. The molecular weight excluding hydrogens is 223 g/mol. The topological polar surface area (TPSA) is 50.4 Å². The van der Waals surface area contributed by atoms with E-state index in [1.807, 2.05) is 0 Å². The molecule has 2 bridgehead atoms. The maximum absolute atomic E-state index is 14.0. The number of nitrogens with one attached hydrogen (secondary N) is 2. The van der Waals surface area contributed by atoms with Gasteiger partial charge in [0.05, 0.1) is 6.04 Å². The van der Waals surface area contributed by atoms with E-state index < -0.39 is 23.9 Å². The van der Waals surface area contributed by atoms with E-state index in [1.54, 1.807) is 20.8 Å². The molecule has 17 heavy (non-hydrogen) atoms. The van der Waals surface area contributed by atoms with Gasteiger partial charge >= 0.3 is 6.09 Å². The lowest BCUT2D eigenvalue weighted by Crippen LogP contribution is -2.56. The molecule has 0 aliphatic carbocycles. The maximum Gasteiger partial charge on any atom is 0.407 e. The molecule has 2 N–H and O–H groups in total. The van der Waals surface area contributed by atoms with Gasteiger partial charge in [0.1, 0.15) is 11.8 Å². The lowest BCUT2D eigenvalue weighted by atomic mass is 9.98. The Kier molecular flexibility index (Phi) is 3.30. The highest BCUT2D eigenvalue weighted by molar-refractivity contribution is 5.68. The average Bonchev–Trinajstić information content (AvgIpc) is 2.55. The second-order valence-electron chi connectivity index (χ2n) is 5.98. The van der Waals surface area contributed by atoms with Crippen molar-refractivity contribution in [3.8, 4) is 0 Å². The Morgan fingerprint density at radius 1 is 1.41 bits per heavy atom. The van der Waals surface area contributed by atoms with Crippen LogP contribution in [0.2, 0.25) is 0 Å². The second kappa shape index (κ2) is 4.44. The standard InChI is InChI=1S/C12H21FN2O2/c1-12(2,3)17-11(16)15-9-6-7-4-5-8(14-7)10(9)13/h7-10,14H,4-6H2,1-3H3,(H,15,16)/t7-,8+,9-,10-/m1/s1. The van der Waals surface area contributed by atoms with E-state index in [1.165, 1.54) is 0 Å². The quantitative estimate of drug-likeness (QED) is 0.738. The summed E-state index contributed by atoms with van der Waals surface area (Å²) in [5.74, 6) is 0. The minimum Gasteiger partial charge on any atom is -0.444 e. The van der Waals surface area contributed by atoms with Gasteiger partial charge in [-0.1, -0.05) is 0 Å². The van der Waals surface area contributed by atoms with E-state index in [2.05, 4.69) is 10.6 Å². The summed E-state index contributed by atoms with van der Waals surface area (Å²) >= 11 is 0. The zero-order valence-electron chi connectivity index (χ0n) is 10.6. The predicted molar refractivity (Wildman–Crippen MR) is 62.6 cm³/mol. The van der Waals surface area contributed by atoms with Crippen molar-refractivity contribution >= 4 is 6.09 Å². The van der Waals surface area contributed by atoms with Crippen LogP contribution in [0.5, 0.6) is 0 Å². The Balaban J connectivity index is 1.88. The molecule has 2 aliphatic heterocycles. The van der Waals surface area contributed by atoms with Crippen LogP contribution >= 0.6 is 0 Å². The van der Waals surface area contributed by atoms with Crippen molar-refractivity contribution in [3.05, 3.63) is 0 Å². The van der Waals surface area contributed by atoms with Crippen LogP contribution < -0.4 is 10.6 Å². The van der Waals surface area contributed by atoms with Crippen molar-refractivity contribution in [1.82, 2.24) is 10.6 Å². The summed E-state index contributed by atoms with van der Waals surface area (Å²) in [5, 5.41) is 5.87. The Morgan fingerprint density at radius 3 is 2.76 bits per heavy atom. The summed E-state index contributed by atoms with van der Waals surface area (Å²) < 4.78 is 19.1. The number of amides is 1. The first-order valence-corrected chi connectivity index (χ1v) is 6.25. The van der Waals surface area contributed by atoms with E-state index in [9.17, 15) is 9.18 Å². The highest BCUT2D eigenvalue weighted by Gasteiger charge is 2.42. The van der Waals surface area contributed by atoms with Crippen molar-refractivity contribution in [2.24, 2.45) is 0 Å². The molecule has 0 saturated carbocycles. The van der Waals surface area contributed by atoms with Crippen LogP contribution in [0.4, 0.5) is 9.18 Å². The number of hydrogen-bond donors (Lipinski definition) is 2. The third kappa shape index (κ3) is 3.09. The highest BCUT2D eigenvalue weighted by Crippen LogP contribution is 2.29. The number of alkyl halides is 1. The fourth-order valence-corrected chi connectivity index (χ4v) is 2.60. The number of piperidine rings is 1.